The maximum Gasteiger partial charge on any atom is 0.270 e. The molecule has 1 N–H and O–H groups in total. The number of non-ortho nitro benzene ring substituents is 1. The number of nitro benzene ring substituents is 1. The third-order valence-corrected chi connectivity index (χ3v) is 4.79. The number of nitro groups is 1. The first-order valence-electron chi connectivity index (χ1n) is 5.45. The molecule has 1 atom stereocenters. The second-order valence-corrected chi connectivity index (χ2v) is 6.29. The van der Waals surface area contributed by atoms with Crippen molar-refractivity contribution in [3.8, 4) is 0 Å². The molecule has 0 radical (unpaired) electrons. The normalized spacial score (nSPS) is 19.9. The summed E-state index contributed by atoms with van der Waals surface area (Å²) in [6.07, 6.45) is 2.42. The van der Waals surface area contributed by atoms with Crippen LogP contribution in [0.25, 0.3) is 0 Å². The summed E-state index contributed by atoms with van der Waals surface area (Å²) in [6.45, 7) is 0. The Morgan fingerprint density at radius 3 is 2.94 bits per heavy atom. The number of nitrogens with zero attached hydrogens (tertiary/aromatic N) is 1. The van der Waals surface area contributed by atoms with E-state index in [-0.39, 0.29) is 10.6 Å². The summed E-state index contributed by atoms with van der Waals surface area (Å²) in [5, 5.41) is 14.1. The molecule has 1 fully saturated rings. The van der Waals surface area contributed by atoms with E-state index < -0.39 is 0 Å². The van der Waals surface area contributed by atoms with Gasteiger partial charge in [-0.2, -0.15) is 11.8 Å². The second kappa shape index (κ2) is 5.90. The van der Waals surface area contributed by atoms with E-state index in [1.165, 1.54) is 18.6 Å². The van der Waals surface area contributed by atoms with Crippen molar-refractivity contribution in [1.82, 2.24) is 0 Å². The van der Waals surface area contributed by atoms with E-state index in [0.717, 1.165) is 15.0 Å². The van der Waals surface area contributed by atoms with E-state index in [4.69, 9.17) is 0 Å². The molecule has 2 rings (SSSR count). The van der Waals surface area contributed by atoms with Gasteiger partial charge < -0.3 is 5.32 Å². The highest BCUT2D eigenvalue weighted by Crippen LogP contribution is 2.27. The van der Waals surface area contributed by atoms with Crippen LogP contribution in [0.5, 0.6) is 0 Å². The van der Waals surface area contributed by atoms with Crippen LogP contribution in [-0.2, 0) is 0 Å². The zero-order valence-corrected chi connectivity index (χ0v) is 12.2. The van der Waals surface area contributed by atoms with Gasteiger partial charge in [0, 0.05) is 33.2 Å². The summed E-state index contributed by atoms with van der Waals surface area (Å²) < 4.78 is 0.910. The van der Waals surface area contributed by atoms with E-state index in [1.54, 1.807) is 18.2 Å². The molecular weight excluding hydrogens is 351 g/mol. The van der Waals surface area contributed by atoms with Gasteiger partial charge >= 0.3 is 0 Å². The summed E-state index contributed by atoms with van der Waals surface area (Å²) in [5.41, 5.74) is 1.15. The molecule has 0 bridgehead atoms. The van der Waals surface area contributed by atoms with Crippen LogP contribution in [0, 0.1) is 13.7 Å². The van der Waals surface area contributed by atoms with Crippen molar-refractivity contribution in [3.05, 3.63) is 31.9 Å². The fraction of sp³-hybridized carbons (Fsp3) is 0.455. The minimum absolute atomic E-state index is 0.151. The van der Waals surface area contributed by atoms with Crippen molar-refractivity contribution in [1.29, 1.82) is 0 Å². The third kappa shape index (κ3) is 3.48. The lowest BCUT2D eigenvalue weighted by Crippen LogP contribution is -2.26. The van der Waals surface area contributed by atoms with Crippen molar-refractivity contribution in [2.45, 2.75) is 18.9 Å². The zero-order valence-electron chi connectivity index (χ0n) is 9.19. The Hall–Kier alpha value is -0.500. The summed E-state index contributed by atoms with van der Waals surface area (Å²) in [5.74, 6) is 2.36. The van der Waals surface area contributed by atoms with Crippen molar-refractivity contribution >= 4 is 45.7 Å². The Bertz CT molecular complexity index is 422. The van der Waals surface area contributed by atoms with E-state index in [2.05, 4.69) is 27.9 Å². The number of nitrogens with one attached hydrogen (secondary N) is 1. The molecule has 1 aliphatic rings. The maximum absolute atomic E-state index is 10.6. The monoisotopic (exact) mass is 364 g/mol. The van der Waals surface area contributed by atoms with E-state index in [1.807, 2.05) is 11.8 Å². The molecular formula is C11H13IN2O2S. The minimum atomic E-state index is -0.359. The Morgan fingerprint density at radius 2 is 2.35 bits per heavy atom. The number of hydrogen-bond acceptors (Lipinski definition) is 4. The summed E-state index contributed by atoms with van der Waals surface area (Å²) >= 11 is 4.10. The highest BCUT2D eigenvalue weighted by Gasteiger charge is 2.15. The lowest BCUT2D eigenvalue weighted by molar-refractivity contribution is -0.384. The van der Waals surface area contributed by atoms with Gasteiger partial charge in [0.25, 0.3) is 5.69 Å². The van der Waals surface area contributed by atoms with Crippen LogP contribution in [-0.4, -0.2) is 22.5 Å². The molecule has 0 aliphatic carbocycles. The molecule has 92 valence electrons. The van der Waals surface area contributed by atoms with Gasteiger partial charge in [-0.3, -0.25) is 10.1 Å². The summed E-state index contributed by atoms with van der Waals surface area (Å²) in [7, 11) is 0. The lowest BCUT2D eigenvalue weighted by atomic mass is 10.1. The van der Waals surface area contributed by atoms with Gasteiger partial charge in [0.05, 0.1) is 4.92 Å². The molecule has 0 amide bonds. The molecule has 1 unspecified atom stereocenters. The van der Waals surface area contributed by atoms with Crippen molar-refractivity contribution < 1.29 is 4.92 Å². The summed E-state index contributed by atoms with van der Waals surface area (Å²) in [4.78, 5) is 10.3. The molecule has 1 heterocycles. The molecule has 0 spiro atoms. The molecule has 1 aromatic carbocycles. The molecule has 0 aromatic heterocycles. The fourth-order valence-electron chi connectivity index (χ4n) is 1.81. The fourth-order valence-corrected chi connectivity index (χ4v) is 3.54. The van der Waals surface area contributed by atoms with Crippen molar-refractivity contribution in [3.63, 3.8) is 0 Å². The topological polar surface area (TPSA) is 55.2 Å². The Labute approximate surface area is 118 Å². The molecule has 1 aromatic rings. The van der Waals surface area contributed by atoms with Crippen LogP contribution in [0.15, 0.2) is 18.2 Å². The SMILES string of the molecule is O=[N+]([O-])c1ccc(NC2CCCSC2)c(I)c1. The Balaban J connectivity index is 2.08. The first kappa shape index (κ1) is 12.9. The summed E-state index contributed by atoms with van der Waals surface area (Å²) in [6, 6.07) is 5.46. The van der Waals surface area contributed by atoms with Gasteiger partial charge in [0.15, 0.2) is 0 Å². The van der Waals surface area contributed by atoms with Gasteiger partial charge in [0.2, 0.25) is 0 Å². The van der Waals surface area contributed by atoms with Crippen LogP contribution in [0.1, 0.15) is 12.8 Å². The first-order chi connectivity index (χ1) is 8.16. The van der Waals surface area contributed by atoms with Crippen LogP contribution in [0.2, 0.25) is 0 Å². The number of benzene rings is 1. The second-order valence-electron chi connectivity index (χ2n) is 3.98. The Morgan fingerprint density at radius 1 is 1.53 bits per heavy atom. The van der Waals surface area contributed by atoms with Crippen LogP contribution >= 0.6 is 34.4 Å². The molecule has 1 saturated heterocycles. The molecule has 0 saturated carbocycles. The van der Waals surface area contributed by atoms with Crippen LogP contribution in [0.3, 0.4) is 0 Å². The molecule has 1 aliphatic heterocycles. The van der Waals surface area contributed by atoms with Crippen molar-refractivity contribution in [2.75, 3.05) is 16.8 Å². The highest BCUT2D eigenvalue weighted by molar-refractivity contribution is 14.1. The largest absolute Gasteiger partial charge is 0.381 e. The molecule has 4 nitrogen and oxygen atoms in total. The first-order valence-corrected chi connectivity index (χ1v) is 7.68. The van der Waals surface area contributed by atoms with Crippen LogP contribution in [0.4, 0.5) is 11.4 Å². The predicted octanol–water partition coefficient (Wildman–Crippen LogP) is 3.51. The third-order valence-electron chi connectivity index (χ3n) is 2.68. The van der Waals surface area contributed by atoms with Gasteiger partial charge in [-0.15, -0.1) is 0 Å². The quantitative estimate of drug-likeness (QED) is 0.507. The smallest absolute Gasteiger partial charge is 0.270 e. The molecule has 17 heavy (non-hydrogen) atoms. The number of thioether (sulfide) groups is 1. The van der Waals surface area contributed by atoms with Gasteiger partial charge in [-0.1, -0.05) is 0 Å². The number of rotatable bonds is 3. The van der Waals surface area contributed by atoms with Gasteiger partial charge in [-0.25, -0.2) is 0 Å². The molecule has 6 heteroatoms. The minimum Gasteiger partial charge on any atom is -0.381 e. The van der Waals surface area contributed by atoms with Crippen molar-refractivity contribution in [2.24, 2.45) is 0 Å². The maximum atomic E-state index is 10.6. The van der Waals surface area contributed by atoms with Gasteiger partial charge in [0.1, 0.15) is 0 Å². The zero-order chi connectivity index (χ0) is 12.3. The van der Waals surface area contributed by atoms with E-state index >= 15 is 0 Å². The average molecular weight is 364 g/mol. The number of hydrogen-bond donors (Lipinski definition) is 1. The average Bonchev–Trinajstić information content (AvgIpc) is 2.33. The standard InChI is InChI=1S/C11H13IN2O2S/c12-10-6-9(14(15)16)3-4-11(10)13-8-2-1-5-17-7-8/h3-4,6,8,13H,1-2,5,7H2. The number of anilines is 1. The lowest BCUT2D eigenvalue weighted by Gasteiger charge is -2.24. The van der Waals surface area contributed by atoms with E-state index in [0.29, 0.717) is 6.04 Å². The van der Waals surface area contributed by atoms with Crippen LogP contribution < -0.4 is 5.32 Å². The predicted molar refractivity (Wildman–Crippen MR) is 79.8 cm³/mol. The Kier molecular flexibility index (Phi) is 4.49. The highest BCUT2D eigenvalue weighted by atomic mass is 127. The number of halogens is 1. The van der Waals surface area contributed by atoms with E-state index in [9.17, 15) is 10.1 Å². The van der Waals surface area contributed by atoms with Gasteiger partial charge in [-0.05, 0) is 47.3 Å².